The molecular weight excluding hydrogens is 511 g/mol. The smallest absolute Gasteiger partial charge is 0.417 e. The number of fused-ring (bicyclic) bond motifs is 1. The van der Waals surface area contributed by atoms with Crippen LogP contribution >= 0.6 is 0 Å². The standard InChI is InChI=1S/C30H30F3NO5/c1-38-26-14-27(23-12-6-11-22(23)24(26)16-34-15-20(35)13-25(34)29(36)37)39-17-19-9-5-10-21(28(19)30(31,32)33)18-7-3-2-4-8-18/h2-5,7-10,14,20,25,35H,6,11-13,15-17H2,1H3,(H,36,37)/t20?,25-/m1/s1. The third-order valence-corrected chi connectivity index (χ3v) is 7.59. The van der Waals surface area contributed by atoms with Gasteiger partial charge in [-0.05, 0) is 41.5 Å². The monoisotopic (exact) mass is 541 g/mol. The predicted octanol–water partition coefficient (Wildman–Crippen LogP) is 5.47. The Kier molecular flexibility index (Phi) is 7.55. The lowest BCUT2D eigenvalue weighted by molar-refractivity contribution is -0.142. The Morgan fingerprint density at radius 1 is 1.05 bits per heavy atom. The summed E-state index contributed by atoms with van der Waals surface area (Å²) in [6.07, 6.45) is -2.87. The number of β-amino-alcohol motifs (C(OH)–C–C–N with tert-alkyl or cyclic N) is 1. The van der Waals surface area contributed by atoms with Crippen LogP contribution in [0, 0.1) is 0 Å². The molecule has 0 aromatic heterocycles. The number of aliphatic hydroxyl groups is 1. The van der Waals surface area contributed by atoms with Gasteiger partial charge in [0.15, 0.2) is 0 Å². The number of alkyl halides is 3. The molecule has 1 fully saturated rings. The molecule has 3 aromatic rings. The Hall–Kier alpha value is -3.56. The second-order valence-electron chi connectivity index (χ2n) is 10.0. The number of nitrogens with zero attached hydrogens (tertiary/aromatic N) is 1. The molecule has 0 spiro atoms. The number of benzene rings is 3. The molecule has 1 heterocycles. The predicted molar refractivity (Wildman–Crippen MR) is 139 cm³/mol. The molecule has 1 aliphatic heterocycles. The van der Waals surface area contributed by atoms with E-state index in [-0.39, 0.29) is 37.2 Å². The van der Waals surface area contributed by atoms with Gasteiger partial charge in [-0.15, -0.1) is 0 Å². The first kappa shape index (κ1) is 27.0. The molecule has 0 bridgehead atoms. The highest BCUT2D eigenvalue weighted by Crippen LogP contribution is 2.43. The van der Waals surface area contributed by atoms with Gasteiger partial charge in [-0.1, -0.05) is 48.5 Å². The maximum absolute atomic E-state index is 14.3. The van der Waals surface area contributed by atoms with E-state index in [1.54, 1.807) is 47.4 Å². The minimum atomic E-state index is -4.57. The topological polar surface area (TPSA) is 79.2 Å². The molecule has 6 nitrogen and oxygen atoms in total. The van der Waals surface area contributed by atoms with Crippen LogP contribution in [0.4, 0.5) is 13.2 Å². The molecule has 3 aromatic carbocycles. The molecule has 39 heavy (non-hydrogen) atoms. The number of ether oxygens (including phenoxy) is 2. The fourth-order valence-electron chi connectivity index (χ4n) is 5.86. The van der Waals surface area contributed by atoms with E-state index in [4.69, 9.17) is 9.47 Å². The summed E-state index contributed by atoms with van der Waals surface area (Å²) in [6, 6.07) is 13.9. The fourth-order valence-corrected chi connectivity index (χ4v) is 5.86. The normalized spacial score (nSPS) is 19.2. The van der Waals surface area contributed by atoms with Crippen LogP contribution in [-0.4, -0.2) is 46.9 Å². The lowest BCUT2D eigenvalue weighted by Gasteiger charge is -2.25. The number of hydrogen-bond acceptors (Lipinski definition) is 5. The van der Waals surface area contributed by atoms with Crippen molar-refractivity contribution >= 4 is 5.97 Å². The maximum Gasteiger partial charge on any atom is 0.417 e. The third kappa shape index (κ3) is 5.46. The molecule has 0 radical (unpaired) electrons. The van der Waals surface area contributed by atoms with E-state index in [9.17, 15) is 28.2 Å². The summed E-state index contributed by atoms with van der Waals surface area (Å²) in [5.41, 5.74) is 2.61. The first-order chi connectivity index (χ1) is 18.7. The molecule has 0 amide bonds. The number of methoxy groups -OCH3 is 1. The van der Waals surface area contributed by atoms with Crippen LogP contribution < -0.4 is 9.47 Å². The highest BCUT2D eigenvalue weighted by molar-refractivity contribution is 5.74. The molecule has 2 N–H and O–H groups in total. The van der Waals surface area contributed by atoms with Crippen LogP contribution in [0.3, 0.4) is 0 Å². The molecule has 0 saturated carbocycles. The van der Waals surface area contributed by atoms with Gasteiger partial charge in [0.2, 0.25) is 0 Å². The first-order valence-corrected chi connectivity index (χ1v) is 12.9. The highest BCUT2D eigenvalue weighted by atomic mass is 19.4. The van der Waals surface area contributed by atoms with Crippen LogP contribution in [0.1, 0.15) is 40.7 Å². The summed E-state index contributed by atoms with van der Waals surface area (Å²) in [7, 11) is 1.50. The summed E-state index contributed by atoms with van der Waals surface area (Å²) in [5.74, 6) is -0.0249. The van der Waals surface area contributed by atoms with Crippen molar-refractivity contribution in [2.75, 3.05) is 13.7 Å². The summed E-state index contributed by atoms with van der Waals surface area (Å²) < 4.78 is 54.6. The van der Waals surface area contributed by atoms with E-state index in [1.165, 1.54) is 19.2 Å². The van der Waals surface area contributed by atoms with Crippen LogP contribution in [-0.2, 0) is 37.0 Å². The number of aliphatic carboxylic acids is 1. The number of halogens is 3. The van der Waals surface area contributed by atoms with Crippen LogP contribution in [0.25, 0.3) is 11.1 Å². The Balaban J connectivity index is 1.47. The largest absolute Gasteiger partial charge is 0.496 e. The van der Waals surface area contributed by atoms with E-state index in [0.29, 0.717) is 23.5 Å². The lowest BCUT2D eigenvalue weighted by Crippen LogP contribution is -2.35. The number of aliphatic hydroxyl groups excluding tert-OH is 1. The molecular formula is C30H30F3NO5. The summed E-state index contributed by atoms with van der Waals surface area (Å²) in [6.45, 7) is 0.256. The second kappa shape index (κ2) is 10.9. The van der Waals surface area contributed by atoms with Crippen molar-refractivity contribution in [3.05, 3.63) is 82.4 Å². The van der Waals surface area contributed by atoms with Crippen molar-refractivity contribution in [1.29, 1.82) is 0 Å². The van der Waals surface area contributed by atoms with Gasteiger partial charge in [0.05, 0.1) is 18.8 Å². The zero-order valence-electron chi connectivity index (χ0n) is 21.5. The van der Waals surface area contributed by atoms with Gasteiger partial charge >= 0.3 is 12.1 Å². The van der Waals surface area contributed by atoms with Crippen molar-refractivity contribution in [3.8, 4) is 22.6 Å². The number of rotatable bonds is 8. The lowest BCUT2D eigenvalue weighted by atomic mass is 9.95. The number of hydrogen-bond donors (Lipinski definition) is 2. The molecule has 9 heteroatoms. The van der Waals surface area contributed by atoms with E-state index in [2.05, 4.69) is 0 Å². The van der Waals surface area contributed by atoms with Gasteiger partial charge < -0.3 is 19.7 Å². The van der Waals surface area contributed by atoms with Gasteiger partial charge in [-0.3, -0.25) is 9.69 Å². The molecule has 1 unspecified atom stereocenters. The average Bonchev–Trinajstić information content (AvgIpc) is 3.55. The second-order valence-corrected chi connectivity index (χ2v) is 10.0. The van der Waals surface area contributed by atoms with Crippen LogP contribution in [0.2, 0.25) is 0 Å². The Morgan fingerprint density at radius 2 is 1.79 bits per heavy atom. The Labute approximate surface area is 224 Å². The number of likely N-dealkylation sites (tertiary alicyclic amines) is 1. The minimum Gasteiger partial charge on any atom is -0.496 e. The Bertz CT molecular complexity index is 1360. The Morgan fingerprint density at radius 3 is 2.49 bits per heavy atom. The number of carboxylic acid groups (broad SMARTS) is 1. The summed E-state index contributed by atoms with van der Waals surface area (Å²) >= 11 is 0. The van der Waals surface area contributed by atoms with Gasteiger partial charge in [-0.25, -0.2) is 0 Å². The zero-order valence-corrected chi connectivity index (χ0v) is 21.5. The minimum absolute atomic E-state index is 0.0361. The van der Waals surface area contributed by atoms with E-state index < -0.39 is 29.9 Å². The van der Waals surface area contributed by atoms with Crippen molar-refractivity contribution in [3.63, 3.8) is 0 Å². The average molecular weight is 542 g/mol. The highest BCUT2D eigenvalue weighted by Gasteiger charge is 2.38. The van der Waals surface area contributed by atoms with E-state index in [1.807, 2.05) is 0 Å². The third-order valence-electron chi connectivity index (χ3n) is 7.59. The number of carboxylic acids is 1. The van der Waals surface area contributed by atoms with Crippen LogP contribution in [0.15, 0.2) is 54.6 Å². The number of carbonyl (C=O) groups is 1. The van der Waals surface area contributed by atoms with Gasteiger partial charge in [0, 0.05) is 36.7 Å². The van der Waals surface area contributed by atoms with Gasteiger partial charge in [-0.2, -0.15) is 13.2 Å². The van der Waals surface area contributed by atoms with Crippen molar-refractivity contribution in [1.82, 2.24) is 4.90 Å². The molecule has 1 aliphatic carbocycles. The quantitative estimate of drug-likeness (QED) is 0.394. The van der Waals surface area contributed by atoms with Gasteiger partial charge in [0.25, 0.3) is 0 Å². The van der Waals surface area contributed by atoms with E-state index in [0.717, 1.165) is 29.5 Å². The SMILES string of the molecule is COc1cc(OCc2cccc(-c3ccccc3)c2C(F)(F)F)c2c(c1CN1CC(O)C[C@@H]1C(=O)O)CCC2. The maximum atomic E-state index is 14.3. The zero-order chi connectivity index (χ0) is 27.7. The molecule has 2 atom stereocenters. The summed E-state index contributed by atoms with van der Waals surface area (Å²) in [5, 5.41) is 19.7. The van der Waals surface area contributed by atoms with Crippen molar-refractivity contribution in [2.24, 2.45) is 0 Å². The molecule has 2 aliphatic rings. The molecule has 5 rings (SSSR count). The van der Waals surface area contributed by atoms with Crippen molar-refractivity contribution < 1.29 is 37.7 Å². The van der Waals surface area contributed by atoms with Gasteiger partial charge in [0.1, 0.15) is 24.1 Å². The molecule has 206 valence electrons. The molecule has 1 saturated heterocycles. The summed E-state index contributed by atoms with van der Waals surface area (Å²) in [4.78, 5) is 13.5. The van der Waals surface area contributed by atoms with Crippen molar-refractivity contribution in [2.45, 2.75) is 57.2 Å². The van der Waals surface area contributed by atoms with E-state index >= 15 is 0 Å². The fraction of sp³-hybridized carbons (Fsp3) is 0.367. The van der Waals surface area contributed by atoms with Crippen LogP contribution in [0.5, 0.6) is 11.5 Å². The first-order valence-electron chi connectivity index (χ1n) is 12.9.